The minimum Gasteiger partial charge on any atom is -0.493 e. The van der Waals surface area contributed by atoms with Crippen LogP contribution in [0.5, 0.6) is 5.75 Å². The fraction of sp³-hybridized carbons (Fsp3) is 0.250. The van der Waals surface area contributed by atoms with E-state index in [1.807, 2.05) is 36.4 Å². The number of fused-ring (bicyclic) bond motifs is 1. The number of benzene rings is 1. The molecule has 22 heavy (non-hydrogen) atoms. The number of anilines is 1. The first-order valence-corrected chi connectivity index (χ1v) is 7.02. The molecule has 0 fully saturated rings. The van der Waals surface area contributed by atoms with Crippen molar-refractivity contribution in [2.24, 2.45) is 10.7 Å². The van der Waals surface area contributed by atoms with Gasteiger partial charge in [-0.2, -0.15) is 0 Å². The smallest absolute Gasteiger partial charge is 0.194 e. The molecule has 6 heteroatoms. The van der Waals surface area contributed by atoms with Gasteiger partial charge in [-0.3, -0.25) is 4.99 Å². The summed E-state index contributed by atoms with van der Waals surface area (Å²) in [5, 5.41) is 2.99. The summed E-state index contributed by atoms with van der Waals surface area (Å²) in [6.45, 7) is 1.37. The molecule has 0 saturated heterocycles. The monoisotopic (exact) mass is 410 g/mol. The van der Waals surface area contributed by atoms with Gasteiger partial charge < -0.3 is 15.8 Å². The molecule has 1 aromatic carbocycles. The quantitative estimate of drug-likeness (QED) is 0.464. The summed E-state index contributed by atoms with van der Waals surface area (Å²) < 4.78 is 5.65. The largest absolute Gasteiger partial charge is 0.493 e. The van der Waals surface area contributed by atoms with E-state index in [0.29, 0.717) is 24.2 Å². The molecule has 1 atom stereocenters. The SMILES string of the molecule is I.NC(=NCC1CCOc2ccccc21)Nc1ccccn1. The highest BCUT2D eigenvalue weighted by Crippen LogP contribution is 2.33. The number of hydrogen-bond acceptors (Lipinski definition) is 3. The Bertz CT molecular complexity index is 633. The van der Waals surface area contributed by atoms with Crippen molar-refractivity contribution in [1.29, 1.82) is 0 Å². The number of guanidine groups is 1. The second kappa shape index (κ2) is 7.98. The topological polar surface area (TPSA) is 72.5 Å². The molecule has 0 saturated carbocycles. The molecule has 1 aromatic heterocycles. The van der Waals surface area contributed by atoms with Crippen LogP contribution in [-0.2, 0) is 0 Å². The predicted molar refractivity (Wildman–Crippen MR) is 99.1 cm³/mol. The van der Waals surface area contributed by atoms with Crippen molar-refractivity contribution < 1.29 is 4.74 Å². The normalized spacial score (nSPS) is 16.9. The van der Waals surface area contributed by atoms with Crippen molar-refractivity contribution >= 4 is 35.8 Å². The summed E-state index contributed by atoms with van der Waals surface area (Å²) in [5.41, 5.74) is 7.12. The van der Waals surface area contributed by atoms with Crippen LogP contribution in [0.3, 0.4) is 0 Å². The van der Waals surface area contributed by atoms with Crippen molar-refractivity contribution in [3.63, 3.8) is 0 Å². The first-order valence-electron chi connectivity index (χ1n) is 7.02. The average Bonchev–Trinajstić information content (AvgIpc) is 2.54. The van der Waals surface area contributed by atoms with Crippen LogP contribution >= 0.6 is 24.0 Å². The number of aromatic nitrogens is 1. The standard InChI is InChI=1S/C16H18N4O.HI/c17-16(20-15-7-3-4-9-18-15)19-11-12-8-10-21-14-6-2-1-5-13(12)14;/h1-7,9,12H,8,10-11H2,(H3,17,18,19,20);1H. The molecule has 0 radical (unpaired) electrons. The lowest BCUT2D eigenvalue weighted by Gasteiger charge is -2.24. The van der Waals surface area contributed by atoms with Gasteiger partial charge in [-0.15, -0.1) is 24.0 Å². The van der Waals surface area contributed by atoms with Gasteiger partial charge in [0, 0.05) is 18.7 Å². The van der Waals surface area contributed by atoms with Gasteiger partial charge in [0.25, 0.3) is 0 Å². The highest BCUT2D eigenvalue weighted by molar-refractivity contribution is 14.0. The molecule has 2 heterocycles. The van der Waals surface area contributed by atoms with E-state index in [4.69, 9.17) is 10.5 Å². The molecule has 3 N–H and O–H groups in total. The number of ether oxygens (including phenoxy) is 1. The molecule has 116 valence electrons. The van der Waals surface area contributed by atoms with Gasteiger partial charge in [0.2, 0.25) is 0 Å². The van der Waals surface area contributed by atoms with Gasteiger partial charge in [-0.1, -0.05) is 24.3 Å². The lowest BCUT2D eigenvalue weighted by molar-refractivity contribution is 0.269. The maximum absolute atomic E-state index is 5.91. The summed E-state index contributed by atoms with van der Waals surface area (Å²) in [5.74, 6) is 2.39. The number of nitrogens with zero attached hydrogens (tertiary/aromatic N) is 2. The zero-order valence-electron chi connectivity index (χ0n) is 12.1. The second-order valence-electron chi connectivity index (χ2n) is 4.94. The Labute approximate surface area is 147 Å². The predicted octanol–water partition coefficient (Wildman–Crippen LogP) is 2.99. The Hall–Kier alpha value is -1.83. The number of hydrogen-bond donors (Lipinski definition) is 2. The van der Waals surface area contributed by atoms with E-state index in [1.165, 1.54) is 5.56 Å². The molecule has 0 spiro atoms. The van der Waals surface area contributed by atoms with Gasteiger partial charge in [0.1, 0.15) is 11.6 Å². The summed E-state index contributed by atoms with van der Waals surface area (Å²) in [6.07, 6.45) is 2.67. The molecule has 0 aliphatic carbocycles. The fourth-order valence-corrected chi connectivity index (χ4v) is 2.42. The highest BCUT2D eigenvalue weighted by atomic mass is 127. The first-order chi connectivity index (χ1) is 10.3. The number of pyridine rings is 1. The highest BCUT2D eigenvalue weighted by Gasteiger charge is 2.20. The van der Waals surface area contributed by atoms with Crippen LogP contribution in [0.1, 0.15) is 17.9 Å². The Morgan fingerprint density at radius 2 is 2.09 bits per heavy atom. The number of nitrogens with two attached hydrogens (primary N) is 1. The Morgan fingerprint density at radius 3 is 2.91 bits per heavy atom. The van der Waals surface area contributed by atoms with Crippen molar-refractivity contribution in [2.75, 3.05) is 18.5 Å². The number of nitrogens with one attached hydrogen (secondary N) is 1. The second-order valence-corrected chi connectivity index (χ2v) is 4.94. The van der Waals surface area contributed by atoms with E-state index >= 15 is 0 Å². The summed E-state index contributed by atoms with van der Waals surface area (Å²) in [4.78, 5) is 8.59. The Kier molecular flexibility index (Phi) is 6.00. The molecular weight excluding hydrogens is 391 g/mol. The lowest BCUT2D eigenvalue weighted by Crippen LogP contribution is -2.25. The van der Waals surface area contributed by atoms with Crippen LogP contribution in [0.4, 0.5) is 5.82 Å². The van der Waals surface area contributed by atoms with Crippen LogP contribution in [0.2, 0.25) is 0 Å². The molecule has 3 rings (SSSR count). The minimum atomic E-state index is 0. The van der Waals surface area contributed by atoms with Crippen LogP contribution in [-0.4, -0.2) is 24.1 Å². The van der Waals surface area contributed by atoms with Crippen LogP contribution < -0.4 is 15.8 Å². The molecule has 5 nitrogen and oxygen atoms in total. The average molecular weight is 410 g/mol. The van der Waals surface area contributed by atoms with Crippen molar-refractivity contribution in [3.05, 3.63) is 54.2 Å². The molecule has 1 unspecified atom stereocenters. The maximum atomic E-state index is 5.91. The Balaban J connectivity index is 0.00000176. The third kappa shape index (κ3) is 4.09. The van der Waals surface area contributed by atoms with Crippen LogP contribution in [0, 0.1) is 0 Å². The van der Waals surface area contributed by atoms with Crippen molar-refractivity contribution in [1.82, 2.24) is 4.98 Å². The number of halogens is 1. The number of rotatable bonds is 3. The molecule has 1 aliphatic rings. The van der Waals surface area contributed by atoms with E-state index in [-0.39, 0.29) is 24.0 Å². The maximum Gasteiger partial charge on any atom is 0.194 e. The van der Waals surface area contributed by atoms with Crippen molar-refractivity contribution in [2.45, 2.75) is 12.3 Å². The Morgan fingerprint density at radius 1 is 1.27 bits per heavy atom. The van der Waals surface area contributed by atoms with E-state index in [1.54, 1.807) is 6.20 Å². The molecular formula is C16H19IN4O. The van der Waals surface area contributed by atoms with Gasteiger partial charge in [0.05, 0.1) is 6.61 Å². The lowest BCUT2D eigenvalue weighted by atomic mass is 9.93. The third-order valence-corrected chi connectivity index (χ3v) is 3.49. The molecule has 0 amide bonds. The van der Waals surface area contributed by atoms with Gasteiger partial charge >= 0.3 is 0 Å². The third-order valence-electron chi connectivity index (χ3n) is 3.49. The van der Waals surface area contributed by atoms with Crippen LogP contribution in [0.15, 0.2) is 53.7 Å². The van der Waals surface area contributed by atoms with E-state index < -0.39 is 0 Å². The molecule has 1 aliphatic heterocycles. The van der Waals surface area contributed by atoms with Gasteiger partial charge in [-0.25, -0.2) is 4.98 Å². The zero-order valence-corrected chi connectivity index (χ0v) is 14.4. The van der Waals surface area contributed by atoms with E-state index in [2.05, 4.69) is 21.4 Å². The first kappa shape index (κ1) is 16.5. The summed E-state index contributed by atoms with van der Waals surface area (Å²) in [7, 11) is 0. The molecule has 0 bridgehead atoms. The molecule has 2 aromatic rings. The van der Waals surface area contributed by atoms with Crippen molar-refractivity contribution in [3.8, 4) is 5.75 Å². The summed E-state index contributed by atoms with van der Waals surface area (Å²) >= 11 is 0. The van der Waals surface area contributed by atoms with Crippen LogP contribution in [0.25, 0.3) is 0 Å². The van der Waals surface area contributed by atoms with Gasteiger partial charge in [-0.05, 0) is 30.2 Å². The number of para-hydroxylation sites is 1. The zero-order chi connectivity index (χ0) is 14.5. The van der Waals surface area contributed by atoms with E-state index in [0.717, 1.165) is 18.8 Å². The minimum absolute atomic E-state index is 0. The summed E-state index contributed by atoms with van der Waals surface area (Å²) in [6, 6.07) is 13.7. The fourth-order valence-electron chi connectivity index (χ4n) is 2.42. The van der Waals surface area contributed by atoms with Gasteiger partial charge in [0.15, 0.2) is 5.96 Å². The van der Waals surface area contributed by atoms with E-state index in [9.17, 15) is 0 Å². The number of aliphatic imine (C=N–C) groups is 1.